The summed E-state index contributed by atoms with van der Waals surface area (Å²) in [5, 5.41) is 6.97. The van der Waals surface area contributed by atoms with Crippen molar-refractivity contribution in [2.45, 2.75) is 136 Å². The molecule has 0 radical (unpaired) electrons. The minimum atomic E-state index is -2.13. The highest BCUT2D eigenvalue weighted by molar-refractivity contribution is 6.74. The Morgan fingerprint density at radius 3 is 2.38 bits per heavy atom. The highest BCUT2D eigenvalue weighted by Gasteiger charge is 2.39. The lowest BCUT2D eigenvalue weighted by Crippen LogP contribution is -2.62. The van der Waals surface area contributed by atoms with Crippen molar-refractivity contribution in [1.82, 2.24) is 21.1 Å². The van der Waals surface area contributed by atoms with Crippen LogP contribution >= 0.6 is 0 Å². The minimum absolute atomic E-state index is 0.00824. The number of hydrogen-bond acceptors (Lipinski definition) is 8. The normalized spacial score (nSPS) is 16.8. The smallest absolute Gasteiger partial charge is 0.408 e. The van der Waals surface area contributed by atoms with Gasteiger partial charge in [0.15, 0.2) is 0 Å². The molecule has 270 valence electrons. The first-order valence-corrected chi connectivity index (χ1v) is 20.1. The van der Waals surface area contributed by atoms with Crippen LogP contribution in [0.4, 0.5) is 4.79 Å². The maximum absolute atomic E-state index is 14.1. The molecule has 1 aromatic rings. The number of ether oxygens (including phenoxy) is 2. The Balaban J connectivity index is 2.32. The summed E-state index contributed by atoms with van der Waals surface area (Å²) >= 11 is 0. The zero-order valence-electron chi connectivity index (χ0n) is 30.9. The summed E-state index contributed by atoms with van der Waals surface area (Å²) < 4.78 is 17.4. The van der Waals surface area contributed by atoms with Crippen molar-refractivity contribution in [3.8, 4) is 5.75 Å². The quantitative estimate of drug-likeness (QED) is 0.0879. The van der Waals surface area contributed by atoms with Crippen LogP contribution in [-0.2, 0) is 30.3 Å². The van der Waals surface area contributed by atoms with E-state index in [0.717, 1.165) is 24.8 Å². The van der Waals surface area contributed by atoms with Gasteiger partial charge in [-0.05, 0) is 94.6 Å². The van der Waals surface area contributed by atoms with Gasteiger partial charge in [-0.1, -0.05) is 52.8 Å². The fourth-order valence-electron chi connectivity index (χ4n) is 4.82. The molecule has 0 unspecified atom stereocenters. The molecular weight excluding hydrogens is 629 g/mol. The number of alkyl carbamates (subject to hydrolysis) is 1. The molecule has 12 heteroatoms. The number of hydrogen-bond donors (Lipinski definition) is 3. The number of amides is 3. The van der Waals surface area contributed by atoms with Crippen molar-refractivity contribution in [2.75, 3.05) is 13.2 Å². The molecule has 3 amide bonds. The molecule has 1 saturated heterocycles. The van der Waals surface area contributed by atoms with Crippen molar-refractivity contribution in [2.24, 2.45) is 5.92 Å². The molecule has 1 aromatic carbocycles. The second kappa shape index (κ2) is 17.9. The van der Waals surface area contributed by atoms with E-state index in [4.69, 9.17) is 13.9 Å². The molecule has 3 atom stereocenters. The number of unbranched alkanes of at least 4 members (excludes halogenated alkanes) is 2. The second-order valence-corrected chi connectivity index (χ2v) is 20.1. The van der Waals surface area contributed by atoms with Gasteiger partial charge >= 0.3 is 12.1 Å². The maximum atomic E-state index is 14.1. The predicted molar refractivity (Wildman–Crippen MR) is 191 cm³/mol. The van der Waals surface area contributed by atoms with E-state index >= 15 is 0 Å². The van der Waals surface area contributed by atoms with Gasteiger partial charge in [0, 0.05) is 13.0 Å². The third-order valence-electron chi connectivity index (χ3n) is 8.54. The lowest BCUT2D eigenvalue weighted by Gasteiger charge is -2.36. The van der Waals surface area contributed by atoms with Crippen LogP contribution in [0, 0.1) is 5.92 Å². The summed E-state index contributed by atoms with van der Waals surface area (Å²) in [6, 6.07) is 4.92. The molecule has 0 aromatic heterocycles. The predicted octanol–water partition coefficient (Wildman–Crippen LogP) is 6.04. The van der Waals surface area contributed by atoms with Gasteiger partial charge in [-0.25, -0.2) is 10.2 Å². The summed E-state index contributed by atoms with van der Waals surface area (Å²) in [6.07, 6.45) is 4.83. The second-order valence-electron chi connectivity index (χ2n) is 15.4. The molecule has 0 spiro atoms. The standard InChI is InChI=1S/C36H60N4O7Si/c1-12-13-14-15-22-45-33(43)28-20-17-21-40(39-28)32(42)29(37-31(41)30(25(2)3)38-34(44)46-35(4,5)6)24-26-18-16-19-27(23-26)47-48(10,11)36(7,8)9/h12,16,18-19,23,25,28-30,39H,1,13-15,17,20-22,24H2,2-11H3,(H,37,41)(H,38,44)/t28-,29-,30-/m0/s1. The average Bonchev–Trinajstić information content (AvgIpc) is 2.97. The van der Waals surface area contributed by atoms with Gasteiger partial charge in [0.1, 0.15) is 29.5 Å². The number of rotatable bonds is 15. The van der Waals surface area contributed by atoms with Crippen molar-refractivity contribution in [1.29, 1.82) is 0 Å². The van der Waals surface area contributed by atoms with Crippen LogP contribution in [0.5, 0.6) is 5.75 Å². The first-order valence-electron chi connectivity index (χ1n) is 17.2. The van der Waals surface area contributed by atoms with Crippen LogP contribution in [0.3, 0.4) is 0 Å². The number of nitrogens with zero attached hydrogens (tertiary/aromatic N) is 1. The van der Waals surface area contributed by atoms with Crippen LogP contribution in [-0.4, -0.2) is 74.1 Å². The van der Waals surface area contributed by atoms with Gasteiger partial charge in [-0.3, -0.25) is 19.4 Å². The van der Waals surface area contributed by atoms with Crippen molar-refractivity contribution < 1.29 is 33.1 Å². The first-order chi connectivity index (χ1) is 22.2. The Kier molecular flexibility index (Phi) is 15.2. The SMILES string of the molecule is C=CCCCCOC(=O)[C@@H]1CCCN(C(=O)[C@H](Cc2cccc(O[Si](C)(C)C(C)(C)C)c2)NC(=O)[C@@H](NC(=O)OC(C)(C)C)C(C)C)N1. The Morgan fingerprint density at radius 1 is 1.08 bits per heavy atom. The van der Waals surface area contributed by atoms with Crippen molar-refractivity contribution >= 4 is 32.2 Å². The van der Waals surface area contributed by atoms with Gasteiger partial charge in [0.25, 0.3) is 5.91 Å². The molecule has 3 N–H and O–H groups in total. The molecule has 2 rings (SSSR count). The first kappa shape index (κ1) is 40.8. The van der Waals surface area contributed by atoms with Crippen molar-refractivity contribution in [3.63, 3.8) is 0 Å². The summed E-state index contributed by atoms with van der Waals surface area (Å²) in [6.45, 7) is 24.0. The lowest BCUT2D eigenvalue weighted by molar-refractivity contribution is -0.153. The van der Waals surface area contributed by atoms with Crippen LogP contribution in [0.2, 0.25) is 18.1 Å². The van der Waals surface area contributed by atoms with E-state index in [1.807, 2.05) is 30.3 Å². The van der Waals surface area contributed by atoms with Gasteiger partial charge in [-0.15, -0.1) is 6.58 Å². The van der Waals surface area contributed by atoms with E-state index in [1.165, 1.54) is 5.01 Å². The summed E-state index contributed by atoms with van der Waals surface area (Å²) in [7, 11) is -2.13. The molecule has 1 fully saturated rings. The van der Waals surface area contributed by atoms with Gasteiger partial charge < -0.3 is 24.5 Å². The van der Waals surface area contributed by atoms with E-state index in [9.17, 15) is 19.2 Å². The maximum Gasteiger partial charge on any atom is 0.408 e. The average molecular weight is 689 g/mol. The molecule has 1 aliphatic heterocycles. The number of carbonyl (C=O) groups excluding carboxylic acids is 4. The van der Waals surface area contributed by atoms with Gasteiger partial charge in [0.2, 0.25) is 14.2 Å². The molecule has 0 bridgehead atoms. The summed E-state index contributed by atoms with van der Waals surface area (Å²) in [5.41, 5.74) is 3.09. The molecule has 0 aliphatic carbocycles. The van der Waals surface area contributed by atoms with Crippen LogP contribution in [0.15, 0.2) is 36.9 Å². The topological polar surface area (TPSA) is 135 Å². The summed E-state index contributed by atoms with van der Waals surface area (Å²) in [5.74, 6) is -0.926. The minimum Gasteiger partial charge on any atom is -0.543 e. The molecule has 0 saturated carbocycles. The highest BCUT2D eigenvalue weighted by atomic mass is 28.4. The lowest BCUT2D eigenvalue weighted by atomic mass is 10.0. The van der Waals surface area contributed by atoms with E-state index in [2.05, 4.69) is 56.5 Å². The van der Waals surface area contributed by atoms with E-state index in [-0.39, 0.29) is 17.4 Å². The molecule has 1 heterocycles. The largest absolute Gasteiger partial charge is 0.543 e. The van der Waals surface area contributed by atoms with Crippen LogP contribution in [0.25, 0.3) is 0 Å². The fourth-order valence-corrected chi connectivity index (χ4v) is 5.84. The molecule has 1 aliphatic rings. The van der Waals surface area contributed by atoms with Gasteiger partial charge in [0.05, 0.1) is 6.61 Å². The van der Waals surface area contributed by atoms with E-state index in [0.29, 0.717) is 31.7 Å². The zero-order chi connectivity index (χ0) is 36.3. The molecule has 48 heavy (non-hydrogen) atoms. The Hall–Kier alpha value is -3.38. The fraction of sp³-hybridized carbons (Fsp3) is 0.667. The van der Waals surface area contributed by atoms with Gasteiger partial charge in [-0.2, -0.15) is 0 Å². The number of allylic oxidation sites excluding steroid dienone is 1. The van der Waals surface area contributed by atoms with Crippen LogP contribution < -0.4 is 20.5 Å². The van der Waals surface area contributed by atoms with E-state index < -0.39 is 55.9 Å². The van der Waals surface area contributed by atoms with E-state index in [1.54, 1.807) is 34.6 Å². The number of benzene rings is 1. The zero-order valence-corrected chi connectivity index (χ0v) is 31.9. The number of nitrogens with one attached hydrogen (secondary N) is 3. The third kappa shape index (κ3) is 13.3. The Labute approximate surface area is 289 Å². The number of carbonyl (C=O) groups is 4. The van der Waals surface area contributed by atoms with Crippen molar-refractivity contribution in [3.05, 3.63) is 42.5 Å². The molecule has 11 nitrogen and oxygen atoms in total. The molecular formula is C36H60N4O7Si. The monoisotopic (exact) mass is 688 g/mol. The number of esters is 1. The third-order valence-corrected chi connectivity index (χ3v) is 12.9. The van der Waals surface area contributed by atoms with Crippen LogP contribution in [0.1, 0.15) is 93.1 Å². The Bertz CT molecular complexity index is 1260. The summed E-state index contributed by atoms with van der Waals surface area (Å²) in [4.78, 5) is 53.3. The number of hydrazine groups is 1. The Morgan fingerprint density at radius 2 is 1.77 bits per heavy atom. The highest BCUT2D eigenvalue weighted by Crippen LogP contribution is 2.37.